The molecule has 2 aromatic carbocycles. The van der Waals surface area contributed by atoms with Gasteiger partial charge in [0.25, 0.3) is 0 Å². The van der Waals surface area contributed by atoms with E-state index in [1.54, 1.807) is 6.20 Å². The van der Waals surface area contributed by atoms with Gasteiger partial charge in [-0.15, -0.1) is 0 Å². The van der Waals surface area contributed by atoms with E-state index >= 15 is 4.39 Å². The van der Waals surface area contributed by atoms with Gasteiger partial charge in [-0.3, -0.25) is 9.88 Å². The largest absolute Gasteiger partial charge is 0.461 e. The van der Waals surface area contributed by atoms with Crippen molar-refractivity contribution >= 4 is 39.1 Å². The van der Waals surface area contributed by atoms with E-state index in [0.29, 0.717) is 41.0 Å². The van der Waals surface area contributed by atoms with Crippen molar-refractivity contribution in [3.05, 3.63) is 53.4 Å². The van der Waals surface area contributed by atoms with Crippen LogP contribution in [0.15, 0.2) is 42.6 Å². The Bertz CT molecular complexity index is 1630. The summed E-state index contributed by atoms with van der Waals surface area (Å²) >= 11 is 6.61. The molecular weight excluding hydrogens is 541 g/mol. The van der Waals surface area contributed by atoms with E-state index in [2.05, 4.69) is 14.8 Å². The van der Waals surface area contributed by atoms with Gasteiger partial charge in [-0.1, -0.05) is 41.9 Å². The van der Waals surface area contributed by atoms with Crippen molar-refractivity contribution in [2.45, 2.75) is 37.6 Å². The smallest absolute Gasteiger partial charge is 0.319 e. The summed E-state index contributed by atoms with van der Waals surface area (Å²) in [6.07, 6.45) is 7.60. The second kappa shape index (κ2) is 10.0. The maximum atomic E-state index is 16.6. The Kier molecular flexibility index (Phi) is 6.27. The number of morpholine rings is 1. The Balaban J connectivity index is 1.24. The molecule has 0 amide bonds. The first-order valence-corrected chi connectivity index (χ1v) is 15.2. The molecule has 212 valence electrons. The molecule has 2 aromatic heterocycles. The van der Waals surface area contributed by atoms with Crippen LogP contribution < -0.4 is 9.64 Å². The first-order valence-electron chi connectivity index (χ1n) is 14.8. The van der Waals surface area contributed by atoms with Gasteiger partial charge >= 0.3 is 6.01 Å². The molecule has 2 bridgehead atoms. The van der Waals surface area contributed by atoms with E-state index in [4.69, 9.17) is 31.0 Å². The van der Waals surface area contributed by atoms with Gasteiger partial charge in [0, 0.05) is 41.8 Å². The zero-order chi connectivity index (χ0) is 27.6. The molecule has 3 unspecified atom stereocenters. The number of ether oxygens (including phenoxy) is 2. The molecular formula is C32H33ClFN5O2. The van der Waals surface area contributed by atoms with Gasteiger partial charge in [0.05, 0.1) is 24.1 Å². The molecule has 1 saturated carbocycles. The number of aromatic nitrogens is 3. The summed E-state index contributed by atoms with van der Waals surface area (Å²) in [4.78, 5) is 19.1. The van der Waals surface area contributed by atoms with Crippen LogP contribution in [0.5, 0.6) is 6.01 Å². The predicted molar refractivity (Wildman–Crippen MR) is 158 cm³/mol. The lowest BCUT2D eigenvalue weighted by Gasteiger charge is -2.41. The summed E-state index contributed by atoms with van der Waals surface area (Å²) in [5.41, 5.74) is 0.929. The van der Waals surface area contributed by atoms with Crippen molar-refractivity contribution < 1.29 is 13.9 Å². The Morgan fingerprint density at radius 2 is 1.90 bits per heavy atom. The lowest BCUT2D eigenvalue weighted by Crippen LogP contribution is -2.56. The Morgan fingerprint density at radius 1 is 1.07 bits per heavy atom. The second-order valence-corrected chi connectivity index (χ2v) is 12.7. The number of hydrogen-bond donors (Lipinski definition) is 0. The van der Waals surface area contributed by atoms with Crippen LogP contribution >= 0.6 is 11.6 Å². The monoisotopic (exact) mass is 573 g/mol. The third-order valence-corrected chi connectivity index (χ3v) is 10.1. The maximum Gasteiger partial charge on any atom is 0.319 e. The molecule has 4 fully saturated rings. The summed E-state index contributed by atoms with van der Waals surface area (Å²) in [5, 5.41) is 2.89. The van der Waals surface area contributed by atoms with Gasteiger partial charge in [0.2, 0.25) is 0 Å². The van der Waals surface area contributed by atoms with Crippen LogP contribution in [-0.2, 0) is 4.74 Å². The maximum absolute atomic E-state index is 16.6. The molecule has 5 heterocycles. The summed E-state index contributed by atoms with van der Waals surface area (Å²) in [6, 6.07) is 11.7. The highest BCUT2D eigenvalue weighted by atomic mass is 35.5. The van der Waals surface area contributed by atoms with E-state index < -0.39 is 5.82 Å². The minimum atomic E-state index is -0.481. The van der Waals surface area contributed by atoms with Gasteiger partial charge < -0.3 is 14.4 Å². The summed E-state index contributed by atoms with van der Waals surface area (Å²) < 4.78 is 28.9. The fourth-order valence-electron chi connectivity index (χ4n) is 7.74. The van der Waals surface area contributed by atoms with Crippen molar-refractivity contribution in [2.75, 3.05) is 50.9 Å². The van der Waals surface area contributed by atoms with Gasteiger partial charge in [0.1, 0.15) is 23.6 Å². The van der Waals surface area contributed by atoms with Gasteiger partial charge in [0.15, 0.2) is 5.82 Å². The predicted octanol–water partition coefficient (Wildman–Crippen LogP) is 6.12. The van der Waals surface area contributed by atoms with E-state index in [9.17, 15) is 0 Å². The molecule has 0 radical (unpaired) electrons. The first-order chi connectivity index (χ1) is 20.1. The molecule has 3 saturated heterocycles. The number of hydrogen-bond acceptors (Lipinski definition) is 7. The average molecular weight is 574 g/mol. The molecule has 0 spiro atoms. The second-order valence-electron chi connectivity index (χ2n) is 12.3. The zero-order valence-electron chi connectivity index (χ0n) is 23.0. The molecule has 8 rings (SSSR count). The standard InChI is InChI=1S/C32H33ClFN5O2/c33-25-7-2-5-22-4-1-6-23(26(22)25)28-27(34)29-24(15-35-28)30(38-16-20-8-9-21(14-20)17-38)37-31(36-29)41-19-32-10-3-11-39(32)12-13-40-18-32/h1-2,4-7,15,20-21H,3,8-14,16-19H2. The van der Waals surface area contributed by atoms with Gasteiger partial charge in [-0.2, -0.15) is 9.97 Å². The highest BCUT2D eigenvalue weighted by Crippen LogP contribution is 2.42. The van der Waals surface area contributed by atoms with E-state index in [1.165, 1.54) is 19.3 Å². The number of pyridine rings is 1. The molecule has 4 aromatic rings. The molecule has 4 aliphatic rings. The number of halogens is 2. The van der Waals surface area contributed by atoms with Crippen LogP contribution in [0.4, 0.5) is 10.2 Å². The van der Waals surface area contributed by atoms with Crippen molar-refractivity contribution in [1.29, 1.82) is 0 Å². The quantitative estimate of drug-likeness (QED) is 0.285. The number of piperidine rings is 1. The molecule has 3 aliphatic heterocycles. The summed E-state index contributed by atoms with van der Waals surface area (Å²) in [5.74, 6) is 1.52. The fourth-order valence-corrected chi connectivity index (χ4v) is 8.02. The number of nitrogens with zero attached hydrogens (tertiary/aromatic N) is 5. The Hall–Kier alpha value is -3.07. The summed E-state index contributed by atoms with van der Waals surface area (Å²) in [6.45, 7) is 5.57. The molecule has 9 heteroatoms. The molecule has 0 N–H and O–H groups in total. The van der Waals surface area contributed by atoms with Crippen LogP contribution in [0.2, 0.25) is 5.02 Å². The van der Waals surface area contributed by atoms with Crippen LogP contribution in [-0.4, -0.2) is 71.4 Å². The van der Waals surface area contributed by atoms with E-state index in [1.807, 2.05) is 36.4 Å². The van der Waals surface area contributed by atoms with E-state index in [-0.39, 0.29) is 22.8 Å². The van der Waals surface area contributed by atoms with Crippen molar-refractivity contribution in [3.8, 4) is 17.3 Å². The number of anilines is 1. The molecule has 3 atom stereocenters. The molecule has 7 nitrogen and oxygen atoms in total. The highest BCUT2D eigenvalue weighted by molar-refractivity contribution is 6.36. The van der Waals surface area contributed by atoms with Crippen LogP contribution in [0, 0.1) is 17.7 Å². The topological polar surface area (TPSA) is 63.6 Å². The number of fused-ring (bicyclic) bond motifs is 5. The number of rotatable bonds is 5. The van der Waals surface area contributed by atoms with Crippen LogP contribution in [0.3, 0.4) is 0 Å². The van der Waals surface area contributed by atoms with Crippen molar-refractivity contribution in [3.63, 3.8) is 0 Å². The SMILES string of the molecule is Fc1c(-c2cccc3cccc(Cl)c23)ncc2c(N3CC4CCC(C4)C3)nc(OCC34CCCN3CCOC4)nc12. The van der Waals surface area contributed by atoms with E-state index in [0.717, 1.165) is 62.2 Å². The van der Waals surface area contributed by atoms with Crippen LogP contribution in [0.1, 0.15) is 32.1 Å². The molecule has 41 heavy (non-hydrogen) atoms. The summed E-state index contributed by atoms with van der Waals surface area (Å²) in [7, 11) is 0. The average Bonchev–Trinajstić information content (AvgIpc) is 3.58. The fraction of sp³-hybridized carbons (Fsp3) is 0.469. The number of benzene rings is 2. The van der Waals surface area contributed by atoms with Gasteiger partial charge in [-0.05, 0) is 61.9 Å². The van der Waals surface area contributed by atoms with Crippen LogP contribution in [0.25, 0.3) is 32.9 Å². The minimum Gasteiger partial charge on any atom is -0.461 e. The third kappa shape index (κ3) is 4.34. The lowest BCUT2D eigenvalue weighted by atomic mass is 9.97. The van der Waals surface area contributed by atoms with Crippen molar-refractivity contribution in [2.24, 2.45) is 11.8 Å². The lowest BCUT2D eigenvalue weighted by molar-refractivity contribution is -0.0664. The minimum absolute atomic E-state index is 0.178. The Labute approximate surface area is 243 Å². The normalized spacial score (nSPS) is 26.1. The van der Waals surface area contributed by atoms with Gasteiger partial charge in [-0.25, -0.2) is 4.39 Å². The zero-order valence-corrected chi connectivity index (χ0v) is 23.7. The third-order valence-electron chi connectivity index (χ3n) is 9.75. The van der Waals surface area contributed by atoms with Crippen molar-refractivity contribution in [1.82, 2.24) is 19.9 Å². The first kappa shape index (κ1) is 25.6. The molecule has 1 aliphatic carbocycles. The highest BCUT2D eigenvalue weighted by Gasteiger charge is 2.44. The Morgan fingerprint density at radius 3 is 2.76 bits per heavy atom.